The van der Waals surface area contributed by atoms with E-state index in [0.29, 0.717) is 17.5 Å². The van der Waals surface area contributed by atoms with Crippen molar-refractivity contribution < 1.29 is 9.47 Å². The summed E-state index contributed by atoms with van der Waals surface area (Å²) in [5, 5.41) is 12.6. The molecule has 0 radical (unpaired) electrons. The molecule has 1 aromatic rings. The number of hydrogen-bond donors (Lipinski definition) is 1. The molecule has 0 aromatic heterocycles. The molecule has 1 aliphatic carbocycles. The molecule has 0 spiro atoms. The summed E-state index contributed by atoms with van der Waals surface area (Å²) in [6, 6.07) is 6.67. The van der Waals surface area contributed by atoms with Crippen molar-refractivity contribution in [2.45, 2.75) is 31.8 Å². The van der Waals surface area contributed by atoms with E-state index in [0.717, 1.165) is 35.8 Å². The van der Waals surface area contributed by atoms with Crippen LogP contribution in [-0.4, -0.2) is 20.3 Å². The minimum absolute atomic E-state index is 0.138. The van der Waals surface area contributed by atoms with Crippen LogP contribution in [0.4, 0.5) is 0 Å². The highest BCUT2D eigenvalue weighted by atomic mass is 79.9. The van der Waals surface area contributed by atoms with Gasteiger partial charge in [-0.25, -0.2) is 0 Å². The Bertz CT molecular complexity index is 513. The van der Waals surface area contributed by atoms with Crippen molar-refractivity contribution in [1.29, 1.82) is 5.26 Å². The number of hydrogen-bond acceptors (Lipinski definition) is 4. The molecule has 2 unspecified atom stereocenters. The summed E-state index contributed by atoms with van der Waals surface area (Å²) in [7, 11) is 3.25. The van der Waals surface area contributed by atoms with E-state index in [1.54, 1.807) is 14.2 Å². The zero-order valence-electron chi connectivity index (χ0n) is 11.8. The van der Waals surface area contributed by atoms with Crippen LogP contribution < -0.4 is 14.8 Å². The van der Waals surface area contributed by atoms with Crippen LogP contribution in [0.1, 0.15) is 24.8 Å². The molecule has 1 aliphatic rings. The second-order valence-corrected chi connectivity index (χ2v) is 5.82. The maximum absolute atomic E-state index is 9.09. The lowest BCUT2D eigenvalue weighted by atomic mass is 10.1. The van der Waals surface area contributed by atoms with Gasteiger partial charge in [0.2, 0.25) is 0 Å². The van der Waals surface area contributed by atoms with Gasteiger partial charge in [-0.05, 0) is 46.5 Å². The maximum Gasteiger partial charge on any atom is 0.174 e. The van der Waals surface area contributed by atoms with Crippen molar-refractivity contribution in [2.24, 2.45) is 5.92 Å². The van der Waals surface area contributed by atoms with Crippen LogP contribution in [0.3, 0.4) is 0 Å². The third-order valence-corrected chi connectivity index (χ3v) is 4.33. The summed E-state index contributed by atoms with van der Waals surface area (Å²) >= 11 is 3.49. The van der Waals surface area contributed by atoms with Crippen molar-refractivity contribution in [3.05, 3.63) is 22.2 Å². The molecule has 1 fully saturated rings. The van der Waals surface area contributed by atoms with Crippen LogP contribution in [-0.2, 0) is 6.54 Å². The fraction of sp³-hybridized carbons (Fsp3) is 0.533. The Morgan fingerprint density at radius 3 is 2.80 bits per heavy atom. The van der Waals surface area contributed by atoms with Crippen LogP contribution in [0, 0.1) is 17.2 Å². The van der Waals surface area contributed by atoms with Crippen LogP contribution in [0.2, 0.25) is 0 Å². The zero-order valence-corrected chi connectivity index (χ0v) is 13.4. The minimum Gasteiger partial charge on any atom is -0.493 e. The first kappa shape index (κ1) is 15.1. The summed E-state index contributed by atoms with van der Waals surface area (Å²) < 4.78 is 11.5. The number of rotatable bonds is 5. The minimum atomic E-state index is 0.138. The fourth-order valence-electron chi connectivity index (χ4n) is 2.68. The lowest BCUT2D eigenvalue weighted by Gasteiger charge is -2.17. The molecule has 0 heterocycles. The quantitative estimate of drug-likeness (QED) is 0.895. The molecule has 0 saturated heterocycles. The summed E-state index contributed by atoms with van der Waals surface area (Å²) in [4.78, 5) is 0. The van der Waals surface area contributed by atoms with Crippen molar-refractivity contribution in [1.82, 2.24) is 5.32 Å². The van der Waals surface area contributed by atoms with Gasteiger partial charge in [-0.1, -0.05) is 6.42 Å². The van der Waals surface area contributed by atoms with Crippen molar-refractivity contribution >= 4 is 15.9 Å². The van der Waals surface area contributed by atoms with E-state index in [4.69, 9.17) is 14.7 Å². The molecular formula is C15H19BrN2O2. The van der Waals surface area contributed by atoms with Gasteiger partial charge in [0.25, 0.3) is 0 Å². The van der Waals surface area contributed by atoms with Gasteiger partial charge in [0.15, 0.2) is 11.5 Å². The first-order chi connectivity index (χ1) is 9.69. The molecule has 20 heavy (non-hydrogen) atoms. The Hall–Kier alpha value is -1.25. The van der Waals surface area contributed by atoms with Gasteiger partial charge in [0.05, 0.1) is 30.7 Å². The van der Waals surface area contributed by atoms with Crippen LogP contribution in [0.15, 0.2) is 16.6 Å². The number of nitrogens with one attached hydrogen (secondary N) is 1. The van der Waals surface area contributed by atoms with Crippen molar-refractivity contribution in [3.63, 3.8) is 0 Å². The Kier molecular flexibility index (Phi) is 5.27. The second-order valence-electron chi connectivity index (χ2n) is 4.97. The summed E-state index contributed by atoms with van der Waals surface area (Å²) in [6.07, 6.45) is 3.21. The Labute approximate surface area is 128 Å². The lowest BCUT2D eigenvalue weighted by molar-refractivity contribution is 0.352. The fourth-order valence-corrected chi connectivity index (χ4v) is 3.33. The van der Waals surface area contributed by atoms with E-state index in [9.17, 15) is 0 Å². The Morgan fingerprint density at radius 1 is 1.35 bits per heavy atom. The predicted octanol–water partition coefficient (Wildman–Crippen LogP) is 3.25. The van der Waals surface area contributed by atoms with Gasteiger partial charge in [0, 0.05) is 12.6 Å². The van der Waals surface area contributed by atoms with E-state index in [1.807, 2.05) is 12.1 Å². The summed E-state index contributed by atoms with van der Waals surface area (Å²) in [5.74, 6) is 1.55. The van der Waals surface area contributed by atoms with Gasteiger partial charge in [-0.15, -0.1) is 0 Å². The predicted molar refractivity (Wildman–Crippen MR) is 80.8 cm³/mol. The molecule has 4 nitrogen and oxygen atoms in total. The highest BCUT2D eigenvalue weighted by molar-refractivity contribution is 9.10. The molecule has 1 aromatic carbocycles. The van der Waals surface area contributed by atoms with Gasteiger partial charge >= 0.3 is 0 Å². The number of nitrogens with zero attached hydrogens (tertiary/aromatic N) is 1. The molecule has 0 aliphatic heterocycles. The van der Waals surface area contributed by atoms with Gasteiger partial charge in [-0.2, -0.15) is 5.26 Å². The first-order valence-corrected chi connectivity index (χ1v) is 7.52. The molecule has 1 saturated carbocycles. The molecule has 1 N–H and O–H groups in total. The number of ether oxygens (including phenoxy) is 2. The van der Waals surface area contributed by atoms with E-state index >= 15 is 0 Å². The topological polar surface area (TPSA) is 54.3 Å². The second kappa shape index (κ2) is 6.96. The lowest BCUT2D eigenvalue weighted by Crippen LogP contribution is -2.31. The molecule has 5 heteroatoms. The molecule has 108 valence electrons. The standard InChI is InChI=1S/C15H19BrN2O2/c1-19-14-7-10(6-12(16)15(14)20-2)9-18-13-5-3-4-11(13)8-17/h6-7,11,13,18H,3-5,9H2,1-2H3. The average molecular weight is 339 g/mol. The van der Waals surface area contributed by atoms with E-state index < -0.39 is 0 Å². The van der Waals surface area contributed by atoms with Gasteiger partial charge in [0.1, 0.15) is 0 Å². The Morgan fingerprint density at radius 2 is 2.15 bits per heavy atom. The average Bonchev–Trinajstić information content (AvgIpc) is 2.91. The number of halogens is 1. The monoisotopic (exact) mass is 338 g/mol. The summed E-state index contributed by atoms with van der Waals surface area (Å²) in [6.45, 7) is 0.724. The number of methoxy groups -OCH3 is 2. The molecular weight excluding hydrogens is 320 g/mol. The van der Waals surface area contributed by atoms with Crippen molar-refractivity contribution in [2.75, 3.05) is 14.2 Å². The van der Waals surface area contributed by atoms with Crippen LogP contribution in [0.5, 0.6) is 11.5 Å². The first-order valence-electron chi connectivity index (χ1n) is 6.73. The third-order valence-electron chi connectivity index (χ3n) is 3.74. The Balaban J connectivity index is 2.07. The van der Waals surface area contributed by atoms with Gasteiger partial charge < -0.3 is 14.8 Å². The largest absolute Gasteiger partial charge is 0.493 e. The summed E-state index contributed by atoms with van der Waals surface area (Å²) in [5.41, 5.74) is 1.11. The SMILES string of the molecule is COc1cc(CNC2CCCC2C#N)cc(Br)c1OC. The smallest absolute Gasteiger partial charge is 0.174 e. The van der Waals surface area contributed by atoms with E-state index in [2.05, 4.69) is 27.3 Å². The highest BCUT2D eigenvalue weighted by Crippen LogP contribution is 2.36. The normalized spacial score (nSPS) is 21.5. The van der Waals surface area contributed by atoms with Crippen LogP contribution in [0.25, 0.3) is 0 Å². The molecule has 0 bridgehead atoms. The number of nitriles is 1. The maximum atomic E-state index is 9.09. The number of benzene rings is 1. The third kappa shape index (κ3) is 3.25. The van der Waals surface area contributed by atoms with E-state index in [-0.39, 0.29) is 5.92 Å². The molecule has 0 amide bonds. The molecule has 2 rings (SSSR count). The molecule has 2 atom stereocenters. The van der Waals surface area contributed by atoms with Crippen molar-refractivity contribution in [3.8, 4) is 17.6 Å². The van der Waals surface area contributed by atoms with E-state index in [1.165, 1.54) is 0 Å². The highest BCUT2D eigenvalue weighted by Gasteiger charge is 2.26. The van der Waals surface area contributed by atoms with Crippen LogP contribution >= 0.6 is 15.9 Å². The van der Waals surface area contributed by atoms with Gasteiger partial charge in [-0.3, -0.25) is 0 Å². The zero-order chi connectivity index (χ0) is 14.5.